The van der Waals surface area contributed by atoms with E-state index < -0.39 is 21.7 Å². The highest BCUT2D eigenvalue weighted by atomic mass is 79.9. The predicted molar refractivity (Wildman–Crippen MR) is 116 cm³/mol. The van der Waals surface area contributed by atoms with E-state index in [-0.39, 0.29) is 21.2 Å². The maximum Gasteiger partial charge on any atom is 0.262 e. The Morgan fingerprint density at radius 2 is 1.69 bits per heavy atom. The number of carbonyl (C=O) groups excluding carboxylic acids is 1. The van der Waals surface area contributed by atoms with Crippen LogP contribution in [0.15, 0.2) is 70.0 Å². The average Bonchev–Trinajstić information content (AvgIpc) is 2.65. The summed E-state index contributed by atoms with van der Waals surface area (Å²) >= 11 is 15.0. The lowest BCUT2D eigenvalue weighted by Crippen LogP contribution is -2.16. The van der Waals surface area contributed by atoms with Crippen molar-refractivity contribution in [3.05, 3.63) is 86.6 Å². The molecule has 0 spiro atoms. The maximum atomic E-state index is 14.5. The van der Waals surface area contributed by atoms with Crippen LogP contribution in [0.1, 0.15) is 10.4 Å². The first-order valence-electron chi connectivity index (χ1n) is 8.01. The first-order chi connectivity index (χ1) is 13.7. The Hall–Kier alpha value is -2.13. The molecular formula is C19H12BrCl2FN2O3S. The van der Waals surface area contributed by atoms with E-state index in [0.29, 0.717) is 15.2 Å². The molecule has 0 aliphatic carbocycles. The lowest BCUT2D eigenvalue weighted by Gasteiger charge is -2.12. The Morgan fingerprint density at radius 3 is 2.34 bits per heavy atom. The van der Waals surface area contributed by atoms with E-state index in [9.17, 15) is 17.6 Å². The second kappa shape index (κ2) is 8.71. The lowest BCUT2D eigenvalue weighted by molar-refractivity contribution is 0.102. The maximum absolute atomic E-state index is 14.5. The molecule has 150 valence electrons. The van der Waals surface area contributed by atoms with Crippen molar-refractivity contribution in [2.24, 2.45) is 0 Å². The number of rotatable bonds is 5. The molecule has 2 N–H and O–H groups in total. The van der Waals surface area contributed by atoms with Crippen LogP contribution >= 0.6 is 39.1 Å². The number of hydrogen-bond donors (Lipinski definition) is 2. The SMILES string of the molecule is O=C(Nc1ccc(S(=O)(=O)Nc2ccccc2Br)cc1F)c1ccc(Cl)cc1Cl. The van der Waals surface area contributed by atoms with Gasteiger partial charge in [0.15, 0.2) is 0 Å². The number of amides is 1. The first kappa shape index (κ1) is 21.6. The van der Waals surface area contributed by atoms with Gasteiger partial charge in [-0.15, -0.1) is 0 Å². The molecule has 3 aromatic rings. The van der Waals surface area contributed by atoms with Crippen molar-refractivity contribution < 1.29 is 17.6 Å². The van der Waals surface area contributed by atoms with Crippen molar-refractivity contribution >= 4 is 66.4 Å². The van der Waals surface area contributed by atoms with Gasteiger partial charge >= 0.3 is 0 Å². The number of nitrogens with one attached hydrogen (secondary N) is 2. The number of halogens is 4. The summed E-state index contributed by atoms with van der Waals surface area (Å²) in [6, 6.07) is 14.0. The van der Waals surface area contributed by atoms with Crippen LogP contribution in [-0.2, 0) is 10.0 Å². The first-order valence-corrected chi connectivity index (χ1v) is 11.0. The minimum atomic E-state index is -4.04. The normalized spacial score (nSPS) is 11.2. The van der Waals surface area contributed by atoms with Gasteiger partial charge in [0.25, 0.3) is 15.9 Å². The minimum Gasteiger partial charge on any atom is -0.319 e. The van der Waals surface area contributed by atoms with Gasteiger partial charge in [-0.3, -0.25) is 9.52 Å². The van der Waals surface area contributed by atoms with Gasteiger partial charge in [-0.2, -0.15) is 0 Å². The Bertz CT molecular complexity index is 1210. The van der Waals surface area contributed by atoms with Gasteiger partial charge in [0.2, 0.25) is 0 Å². The number of sulfonamides is 1. The van der Waals surface area contributed by atoms with Gasteiger partial charge in [0.05, 0.1) is 26.9 Å². The molecule has 10 heteroatoms. The quantitative estimate of drug-likeness (QED) is 0.439. The zero-order chi connectivity index (χ0) is 21.2. The summed E-state index contributed by atoms with van der Waals surface area (Å²) in [6.07, 6.45) is 0. The highest BCUT2D eigenvalue weighted by Crippen LogP contribution is 2.27. The van der Waals surface area contributed by atoms with Crippen LogP contribution in [0.25, 0.3) is 0 Å². The molecule has 0 heterocycles. The Labute approximate surface area is 185 Å². The van der Waals surface area contributed by atoms with Crippen LogP contribution in [0, 0.1) is 5.82 Å². The van der Waals surface area contributed by atoms with E-state index >= 15 is 0 Å². The summed E-state index contributed by atoms with van der Waals surface area (Å²) in [5, 5.41) is 2.82. The van der Waals surface area contributed by atoms with Gasteiger partial charge in [-0.25, -0.2) is 12.8 Å². The minimum absolute atomic E-state index is 0.0998. The van der Waals surface area contributed by atoms with Crippen LogP contribution in [0.2, 0.25) is 10.0 Å². The molecule has 0 saturated heterocycles. The largest absolute Gasteiger partial charge is 0.319 e. The smallest absolute Gasteiger partial charge is 0.262 e. The van der Waals surface area contributed by atoms with E-state index in [1.54, 1.807) is 24.3 Å². The van der Waals surface area contributed by atoms with Gasteiger partial charge in [-0.05, 0) is 64.5 Å². The van der Waals surface area contributed by atoms with Crippen molar-refractivity contribution in [2.75, 3.05) is 10.0 Å². The number of carbonyl (C=O) groups is 1. The van der Waals surface area contributed by atoms with Crippen LogP contribution in [0.3, 0.4) is 0 Å². The molecule has 3 rings (SSSR count). The molecule has 0 aliphatic heterocycles. The fourth-order valence-electron chi connectivity index (χ4n) is 2.38. The van der Waals surface area contributed by atoms with Gasteiger partial charge in [0, 0.05) is 9.50 Å². The molecule has 0 fully saturated rings. The monoisotopic (exact) mass is 516 g/mol. The van der Waals surface area contributed by atoms with E-state index in [0.717, 1.165) is 12.1 Å². The molecule has 5 nitrogen and oxygen atoms in total. The van der Waals surface area contributed by atoms with Crippen LogP contribution < -0.4 is 10.0 Å². The van der Waals surface area contributed by atoms with Crippen LogP contribution in [0.5, 0.6) is 0 Å². The van der Waals surface area contributed by atoms with Crippen LogP contribution in [-0.4, -0.2) is 14.3 Å². The molecule has 3 aromatic carbocycles. The summed E-state index contributed by atoms with van der Waals surface area (Å²) in [6.45, 7) is 0. The molecule has 1 amide bonds. The van der Waals surface area contributed by atoms with Crippen molar-refractivity contribution in [3.8, 4) is 0 Å². The third-order valence-electron chi connectivity index (χ3n) is 3.79. The molecule has 0 bridgehead atoms. The molecule has 29 heavy (non-hydrogen) atoms. The van der Waals surface area contributed by atoms with E-state index in [2.05, 4.69) is 26.0 Å². The summed E-state index contributed by atoms with van der Waals surface area (Å²) in [5.74, 6) is -1.58. The zero-order valence-electron chi connectivity index (χ0n) is 14.4. The molecule has 0 atom stereocenters. The zero-order valence-corrected chi connectivity index (χ0v) is 18.3. The molecule has 0 saturated carbocycles. The average molecular weight is 518 g/mol. The topological polar surface area (TPSA) is 75.3 Å². The van der Waals surface area contributed by atoms with Gasteiger partial charge in [0.1, 0.15) is 5.82 Å². The van der Waals surface area contributed by atoms with Crippen molar-refractivity contribution in [3.63, 3.8) is 0 Å². The molecule has 0 unspecified atom stereocenters. The Morgan fingerprint density at radius 1 is 0.966 bits per heavy atom. The molecule has 0 aliphatic rings. The number of benzene rings is 3. The number of para-hydroxylation sites is 1. The Balaban J connectivity index is 1.83. The summed E-state index contributed by atoms with van der Waals surface area (Å²) in [4.78, 5) is 12.0. The van der Waals surface area contributed by atoms with Gasteiger partial charge < -0.3 is 5.32 Å². The fraction of sp³-hybridized carbons (Fsp3) is 0. The number of hydrogen-bond acceptors (Lipinski definition) is 3. The van der Waals surface area contributed by atoms with Crippen molar-refractivity contribution in [2.45, 2.75) is 4.90 Å². The predicted octanol–water partition coefficient (Wildman–Crippen LogP) is 5.95. The summed E-state index contributed by atoms with van der Waals surface area (Å²) in [7, 11) is -4.04. The second-order valence-corrected chi connectivity index (χ2v) is 9.19. The Kier molecular flexibility index (Phi) is 6.48. The lowest BCUT2D eigenvalue weighted by atomic mass is 10.2. The molecule has 0 radical (unpaired) electrons. The van der Waals surface area contributed by atoms with Crippen molar-refractivity contribution in [1.82, 2.24) is 0 Å². The third-order valence-corrected chi connectivity index (χ3v) is 6.40. The highest BCUT2D eigenvalue weighted by Gasteiger charge is 2.19. The van der Waals surface area contributed by atoms with E-state index in [1.165, 1.54) is 24.3 Å². The van der Waals surface area contributed by atoms with Crippen LogP contribution in [0.4, 0.5) is 15.8 Å². The fourth-order valence-corrected chi connectivity index (χ4v) is 4.48. The van der Waals surface area contributed by atoms with E-state index in [4.69, 9.17) is 23.2 Å². The molecule has 0 aromatic heterocycles. The highest BCUT2D eigenvalue weighted by molar-refractivity contribution is 9.10. The second-order valence-electron chi connectivity index (χ2n) is 5.81. The number of anilines is 2. The summed E-state index contributed by atoms with van der Waals surface area (Å²) in [5.41, 5.74) is 0.214. The van der Waals surface area contributed by atoms with Crippen molar-refractivity contribution in [1.29, 1.82) is 0 Å². The third kappa shape index (κ3) is 5.08. The van der Waals surface area contributed by atoms with Gasteiger partial charge in [-0.1, -0.05) is 35.3 Å². The van der Waals surface area contributed by atoms with E-state index in [1.807, 2.05) is 0 Å². The standard InChI is InChI=1S/C19H12BrCl2FN2O3S/c20-14-3-1-2-4-17(14)25-29(27,28)12-6-8-18(16(23)10-12)24-19(26)13-7-5-11(21)9-15(13)22/h1-10,25H,(H,24,26). The summed E-state index contributed by atoms with van der Waals surface area (Å²) < 4.78 is 42.4. The molecular weight excluding hydrogens is 506 g/mol.